The number of carbonyl (C=O) groups excluding carboxylic acids is 1. The van der Waals surface area contributed by atoms with Gasteiger partial charge in [0.25, 0.3) is 0 Å². The summed E-state index contributed by atoms with van der Waals surface area (Å²) in [5.41, 5.74) is 7.21. The van der Waals surface area contributed by atoms with E-state index in [1.165, 1.54) is 25.7 Å². The topological polar surface area (TPSA) is 46.3 Å². The van der Waals surface area contributed by atoms with Crippen molar-refractivity contribution >= 4 is 5.91 Å². The zero-order valence-electron chi connectivity index (χ0n) is 11.3. The quantitative estimate of drug-likeness (QED) is 0.852. The van der Waals surface area contributed by atoms with Crippen LogP contribution in [0.1, 0.15) is 43.7 Å². The summed E-state index contributed by atoms with van der Waals surface area (Å²) in [6.45, 7) is 0.963. The minimum atomic E-state index is -0.172. The highest BCUT2D eigenvalue weighted by Gasteiger charge is 2.36. The number of hydrogen-bond acceptors (Lipinski definition) is 2. The standard InChI is InChI=1S/C16H22N2O/c17-15(13-4-2-1-3-5-13)10-16(19)18(14-8-9-14)11-12-6-7-12/h1-5,12,14-15H,6-11,17H2. The normalized spacial score (nSPS) is 20.1. The fraction of sp³-hybridized carbons (Fsp3) is 0.562. The smallest absolute Gasteiger partial charge is 0.224 e. The Labute approximate surface area is 114 Å². The van der Waals surface area contributed by atoms with E-state index in [1.54, 1.807) is 0 Å². The maximum atomic E-state index is 12.4. The summed E-state index contributed by atoms with van der Waals surface area (Å²) in [6.07, 6.45) is 5.38. The number of nitrogens with zero attached hydrogens (tertiary/aromatic N) is 1. The Kier molecular flexibility index (Phi) is 3.56. The molecule has 102 valence electrons. The van der Waals surface area contributed by atoms with Crippen LogP contribution in [0.2, 0.25) is 0 Å². The van der Waals surface area contributed by atoms with Gasteiger partial charge in [0, 0.05) is 25.0 Å². The maximum absolute atomic E-state index is 12.4. The second-order valence-electron chi connectivity index (χ2n) is 5.94. The molecule has 2 aliphatic carbocycles. The number of rotatable bonds is 6. The van der Waals surface area contributed by atoms with E-state index in [-0.39, 0.29) is 11.9 Å². The molecule has 3 heteroatoms. The molecule has 1 unspecified atom stereocenters. The molecule has 1 amide bonds. The van der Waals surface area contributed by atoms with Gasteiger partial charge in [0.1, 0.15) is 0 Å². The van der Waals surface area contributed by atoms with Crippen LogP contribution in [-0.2, 0) is 4.79 Å². The lowest BCUT2D eigenvalue weighted by molar-refractivity contribution is -0.132. The molecular formula is C16H22N2O. The van der Waals surface area contributed by atoms with Crippen molar-refractivity contribution in [2.75, 3.05) is 6.54 Å². The second kappa shape index (κ2) is 5.33. The van der Waals surface area contributed by atoms with E-state index in [9.17, 15) is 4.79 Å². The lowest BCUT2D eigenvalue weighted by Gasteiger charge is -2.24. The number of nitrogens with two attached hydrogens (primary N) is 1. The molecule has 0 aliphatic heterocycles. The molecule has 0 aromatic heterocycles. The summed E-state index contributed by atoms with van der Waals surface area (Å²) in [4.78, 5) is 14.5. The summed E-state index contributed by atoms with van der Waals surface area (Å²) >= 11 is 0. The molecule has 0 radical (unpaired) electrons. The molecular weight excluding hydrogens is 236 g/mol. The van der Waals surface area contributed by atoms with Crippen molar-refractivity contribution in [1.82, 2.24) is 4.90 Å². The average molecular weight is 258 g/mol. The Bertz CT molecular complexity index is 437. The van der Waals surface area contributed by atoms with Crippen LogP contribution in [0.3, 0.4) is 0 Å². The van der Waals surface area contributed by atoms with E-state index in [2.05, 4.69) is 4.90 Å². The van der Waals surface area contributed by atoms with E-state index < -0.39 is 0 Å². The van der Waals surface area contributed by atoms with Gasteiger partial charge in [-0.05, 0) is 37.2 Å². The molecule has 1 atom stereocenters. The second-order valence-corrected chi connectivity index (χ2v) is 5.94. The van der Waals surface area contributed by atoms with Crippen molar-refractivity contribution in [1.29, 1.82) is 0 Å². The van der Waals surface area contributed by atoms with E-state index in [1.807, 2.05) is 30.3 Å². The summed E-state index contributed by atoms with van der Waals surface area (Å²) in [5.74, 6) is 1.00. The Morgan fingerprint density at radius 1 is 1.21 bits per heavy atom. The molecule has 1 aromatic carbocycles. The zero-order chi connectivity index (χ0) is 13.2. The number of amides is 1. The minimum absolute atomic E-state index is 0.172. The van der Waals surface area contributed by atoms with Gasteiger partial charge in [-0.25, -0.2) is 0 Å². The van der Waals surface area contributed by atoms with Crippen LogP contribution in [0.5, 0.6) is 0 Å². The predicted octanol–water partition coefficient (Wildman–Crippen LogP) is 2.48. The fourth-order valence-electron chi connectivity index (χ4n) is 2.54. The Morgan fingerprint density at radius 2 is 1.89 bits per heavy atom. The molecule has 3 rings (SSSR count). The number of benzene rings is 1. The molecule has 0 spiro atoms. The zero-order valence-corrected chi connectivity index (χ0v) is 11.3. The van der Waals surface area contributed by atoms with Gasteiger partial charge in [-0.15, -0.1) is 0 Å². The molecule has 19 heavy (non-hydrogen) atoms. The first kappa shape index (κ1) is 12.7. The highest BCUT2D eigenvalue weighted by Crippen LogP contribution is 2.35. The SMILES string of the molecule is NC(CC(=O)N(CC1CC1)C1CC1)c1ccccc1. The van der Waals surface area contributed by atoms with E-state index >= 15 is 0 Å². The van der Waals surface area contributed by atoms with Crippen molar-refractivity contribution in [3.63, 3.8) is 0 Å². The Balaban J connectivity index is 1.59. The van der Waals surface area contributed by atoms with Crippen molar-refractivity contribution in [3.05, 3.63) is 35.9 Å². The maximum Gasteiger partial charge on any atom is 0.224 e. The van der Waals surface area contributed by atoms with Crippen LogP contribution in [0, 0.1) is 5.92 Å². The molecule has 0 saturated heterocycles. The van der Waals surface area contributed by atoms with Gasteiger partial charge < -0.3 is 10.6 Å². The molecule has 2 aliphatic rings. The Hall–Kier alpha value is -1.35. The van der Waals surface area contributed by atoms with Crippen LogP contribution in [0.15, 0.2) is 30.3 Å². The van der Waals surface area contributed by atoms with Crippen LogP contribution in [0.25, 0.3) is 0 Å². The van der Waals surface area contributed by atoms with Gasteiger partial charge in [0.2, 0.25) is 5.91 Å². The lowest BCUT2D eigenvalue weighted by atomic mass is 10.0. The van der Waals surface area contributed by atoms with Crippen LogP contribution >= 0.6 is 0 Å². The first-order chi connectivity index (χ1) is 9.24. The third-order valence-electron chi connectivity index (χ3n) is 4.08. The first-order valence-electron chi connectivity index (χ1n) is 7.34. The molecule has 0 bridgehead atoms. The molecule has 0 heterocycles. The first-order valence-corrected chi connectivity index (χ1v) is 7.34. The van der Waals surface area contributed by atoms with Crippen LogP contribution in [0.4, 0.5) is 0 Å². The predicted molar refractivity (Wildman–Crippen MR) is 75.4 cm³/mol. The third-order valence-corrected chi connectivity index (χ3v) is 4.08. The van der Waals surface area contributed by atoms with Crippen molar-refractivity contribution in [2.24, 2.45) is 11.7 Å². The van der Waals surface area contributed by atoms with E-state index in [0.29, 0.717) is 12.5 Å². The molecule has 3 nitrogen and oxygen atoms in total. The van der Waals surface area contributed by atoms with Gasteiger partial charge in [-0.1, -0.05) is 30.3 Å². The van der Waals surface area contributed by atoms with Crippen molar-refractivity contribution in [3.8, 4) is 0 Å². The van der Waals surface area contributed by atoms with Gasteiger partial charge in [-0.2, -0.15) is 0 Å². The highest BCUT2D eigenvalue weighted by molar-refractivity contribution is 5.77. The average Bonchev–Trinajstić information content (AvgIpc) is 3.28. The van der Waals surface area contributed by atoms with Gasteiger partial charge in [-0.3, -0.25) is 4.79 Å². The minimum Gasteiger partial charge on any atom is -0.339 e. The number of carbonyl (C=O) groups is 1. The molecule has 1 aromatic rings. The van der Waals surface area contributed by atoms with Crippen LogP contribution in [-0.4, -0.2) is 23.4 Å². The monoisotopic (exact) mass is 258 g/mol. The van der Waals surface area contributed by atoms with Gasteiger partial charge in [0.15, 0.2) is 0 Å². The Morgan fingerprint density at radius 3 is 2.47 bits per heavy atom. The molecule has 2 saturated carbocycles. The van der Waals surface area contributed by atoms with Crippen molar-refractivity contribution in [2.45, 2.75) is 44.2 Å². The molecule has 2 fully saturated rings. The van der Waals surface area contributed by atoms with Gasteiger partial charge >= 0.3 is 0 Å². The number of hydrogen-bond donors (Lipinski definition) is 1. The molecule has 2 N–H and O–H groups in total. The highest BCUT2D eigenvalue weighted by atomic mass is 16.2. The summed E-state index contributed by atoms with van der Waals surface area (Å²) < 4.78 is 0. The summed E-state index contributed by atoms with van der Waals surface area (Å²) in [6, 6.07) is 10.3. The lowest BCUT2D eigenvalue weighted by Crippen LogP contribution is -2.36. The van der Waals surface area contributed by atoms with Gasteiger partial charge in [0.05, 0.1) is 0 Å². The van der Waals surface area contributed by atoms with Crippen molar-refractivity contribution < 1.29 is 4.79 Å². The third kappa shape index (κ3) is 3.35. The largest absolute Gasteiger partial charge is 0.339 e. The van der Waals surface area contributed by atoms with E-state index in [4.69, 9.17) is 5.73 Å². The fourth-order valence-corrected chi connectivity index (χ4v) is 2.54. The van der Waals surface area contributed by atoms with E-state index in [0.717, 1.165) is 18.0 Å². The van der Waals surface area contributed by atoms with Crippen LogP contribution < -0.4 is 5.73 Å². The summed E-state index contributed by atoms with van der Waals surface area (Å²) in [5, 5.41) is 0. The summed E-state index contributed by atoms with van der Waals surface area (Å²) in [7, 11) is 0.